The molecule has 25 heavy (non-hydrogen) atoms. The first kappa shape index (κ1) is 17.5. The summed E-state index contributed by atoms with van der Waals surface area (Å²) < 4.78 is 5.90. The lowest BCUT2D eigenvalue weighted by atomic mass is 10.1. The van der Waals surface area contributed by atoms with E-state index in [9.17, 15) is 9.59 Å². The molecule has 5 heteroatoms. The van der Waals surface area contributed by atoms with Gasteiger partial charge >= 0.3 is 0 Å². The van der Waals surface area contributed by atoms with Crippen LogP contribution in [0, 0.1) is 12.8 Å². The van der Waals surface area contributed by atoms with E-state index in [2.05, 4.69) is 0 Å². The molecule has 2 aromatic rings. The van der Waals surface area contributed by atoms with Crippen molar-refractivity contribution < 1.29 is 14.3 Å². The van der Waals surface area contributed by atoms with E-state index in [4.69, 9.17) is 4.74 Å². The maximum Gasteiger partial charge on any atom is 0.227 e. The summed E-state index contributed by atoms with van der Waals surface area (Å²) in [5.74, 6) is 2.61. The highest BCUT2D eigenvalue weighted by atomic mass is 32.2. The minimum atomic E-state index is 0.101. The van der Waals surface area contributed by atoms with Crippen LogP contribution in [0.1, 0.15) is 18.9 Å². The van der Waals surface area contributed by atoms with Gasteiger partial charge in [0.25, 0.3) is 0 Å². The van der Waals surface area contributed by atoms with Crippen molar-refractivity contribution in [1.29, 1.82) is 0 Å². The number of hydrogen-bond donors (Lipinski definition) is 0. The number of ether oxygens (including phenoxy) is 1. The first-order valence-electron chi connectivity index (χ1n) is 8.30. The summed E-state index contributed by atoms with van der Waals surface area (Å²) in [5.41, 5.74) is 1.95. The van der Waals surface area contributed by atoms with Crippen LogP contribution >= 0.6 is 11.8 Å². The van der Waals surface area contributed by atoms with E-state index in [-0.39, 0.29) is 16.9 Å². The molecule has 1 amide bonds. The Morgan fingerprint density at radius 3 is 2.60 bits per heavy atom. The number of carbonyl (C=O) groups excluding carboxylic acids is 2. The average molecular weight is 355 g/mol. The highest BCUT2D eigenvalue weighted by molar-refractivity contribution is 8.13. The Hall–Kier alpha value is -2.27. The predicted molar refractivity (Wildman–Crippen MR) is 101 cm³/mol. The van der Waals surface area contributed by atoms with Gasteiger partial charge in [-0.25, -0.2) is 0 Å². The van der Waals surface area contributed by atoms with Crippen molar-refractivity contribution in [2.75, 3.05) is 17.2 Å². The third kappa shape index (κ3) is 4.42. The van der Waals surface area contributed by atoms with Gasteiger partial charge in [-0.3, -0.25) is 9.59 Å². The second-order valence-electron chi connectivity index (χ2n) is 6.24. The van der Waals surface area contributed by atoms with Crippen LogP contribution in [0.2, 0.25) is 0 Å². The molecule has 1 heterocycles. The molecule has 130 valence electrons. The van der Waals surface area contributed by atoms with E-state index in [1.54, 1.807) is 11.8 Å². The molecule has 0 aliphatic carbocycles. The predicted octanol–water partition coefficient (Wildman–Crippen LogP) is 4.42. The van der Waals surface area contributed by atoms with Gasteiger partial charge in [0.2, 0.25) is 5.91 Å². The van der Waals surface area contributed by atoms with Crippen LogP contribution in [0.25, 0.3) is 0 Å². The van der Waals surface area contributed by atoms with Crippen molar-refractivity contribution in [3.63, 3.8) is 0 Å². The molecule has 0 aromatic heterocycles. The zero-order chi connectivity index (χ0) is 17.8. The fourth-order valence-corrected chi connectivity index (χ4v) is 3.56. The van der Waals surface area contributed by atoms with Crippen LogP contribution in [0.4, 0.5) is 5.69 Å². The van der Waals surface area contributed by atoms with Crippen LogP contribution in [0.5, 0.6) is 11.5 Å². The second-order valence-corrected chi connectivity index (χ2v) is 7.44. The number of hydrogen-bond acceptors (Lipinski definition) is 4. The van der Waals surface area contributed by atoms with E-state index in [0.29, 0.717) is 18.7 Å². The average Bonchev–Trinajstić information content (AvgIpc) is 2.97. The number of amides is 1. The fourth-order valence-electron chi connectivity index (χ4n) is 2.87. The summed E-state index contributed by atoms with van der Waals surface area (Å²) in [5, 5.41) is 0.101. The molecule has 0 radical (unpaired) electrons. The van der Waals surface area contributed by atoms with E-state index in [0.717, 1.165) is 22.7 Å². The molecule has 0 spiro atoms. The lowest BCUT2D eigenvalue weighted by Gasteiger charge is -2.17. The number of rotatable bonds is 5. The number of aryl methyl sites for hydroxylation is 1. The van der Waals surface area contributed by atoms with E-state index in [1.165, 1.54) is 11.8 Å². The fraction of sp³-hybridized carbons (Fsp3) is 0.300. The molecule has 1 fully saturated rings. The third-order valence-corrected chi connectivity index (χ3v) is 5.24. The zero-order valence-electron chi connectivity index (χ0n) is 14.4. The lowest BCUT2D eigenvalue weighted by molar-refractivity contribution is -0.117. The largest absolute Gasteiger partial charge is 0.457 e. The summed E-state index contributed by atoms with van der Waals surface area (Å²) in [4.78, 5) is 25.1. The minimum Gasteiger partial charge on any atom is -0.457 e. The molecule has 0 bridgehead atoms. The van der Waals surface area contributed by atoms with Crippen molar-refractivity contribution in [1.82, 2.24) is 0 Å². The Morgan fingerprint density at radius 2 is 1.92 bits per heavy atom. The Bertz CT molecular complexity index is 773. The Morgan fingerprint density at radius 1 is 1.20 bits per heavy atom. The van der Waals surface area contributed by atoms with Crippen LogP contribution in [0.15, 0.2) is 48.5 Å². The van der Waals surface area contributed by atoms with Crippen molar-refractivity contribution >= 4 is 28.5 Å². The molecule has 2 aromatic carbocycles. The van der Waals surface area contributed by atoms with Gasteiger partial charge in [-0.05, 0) is 48.7 Å². The molecule has 1 aliphatic rings. The maximum absolute atomic E-state index is 12.3. The third-order valence-electron chi connectivity index (χ3n) is 4.20. The topological polar surface area (TPSA) is 46.6 Å². The van der Waals surface area contributed by atoms with Gasteiger partial charge in [-0.2, -0.15) is 0 Å². The number of carbonyl (C=O) groups is 2. The molecule has 0 N–H and O–H groups in total. The Labute approximate surface area is 152 Å². The first-order chi connectivity index (χ1) is 12.0. The molecule has 0 saturated carbocycles. The summed E-state index contributed by atoms with van der Waals surface area (Å²) >= 11 is 1.30. The molecule has 1 unspecified atom stereocenters. The molecule has 1 saturated heterocycles. The molecular weight excluding hydrogens is 334 g/mol. The van der Waals surface area contributed by atoms with Crippen molar-refractivity contribution in [2.24, 2.45) is 5.92 Å². The minimum absolute atomic E-state index is 0.101. The quantitative estimate of drug-likeness (QED) is 0.796. The van der Waals surface area contributed by atoms with Gasteiger partial charge in [0.1, 0.15) is 11.5 Å². The summed E-state index contributed by atoms with van der Waals surface area (Å²) in [6.07, 6.45) is 0.502. The van der Waals surface area contributed by atoms with Gasteiger partial charge in [-0.1, -0.05) is 30.0 Å². The van der Waals surface area contributed by atoms with Crippen molar-refractivity contribution in [2.45, 2.75) is 20.3 Å². The van der Waals surface area contributed by atoms with Gasteiger partial charge < -0.3 is 9.64 Å². The molecule has 3 rings (SSSR count). The van der Waals surface area contributed by atoms with Crippen molar-refractivity contribution in [3.8, 4) is 11.5 Å². The SMILES string of the molecule is CC(=O)SCC1CC(=O)N(c2ccc(Oc3ccccc3C)cc2)C1. The summed E-state index contributed by atoms with van der Waals surface area (Å²) in [6.45, 7) is 4.23. The number of thioether (sulfide) groups is 1. The summed E-state index contributed by atoms with van der Waals surface area (Å²) in [7, 11) is 0. The van der Waals surface area contributed by atoms with Crippen molar-refractivity contribution in [3.05, 3.63) is 54.1 Å². The Balaban J connectivity index is 1.65. The first-order valence-corrected chi connectivity index (χ1v) is 9.29. The monoisotopic (exact) mass is 355 g/mol. The molecule has 4 nitrogen and oxygen atoms in total. The van der Waals surface area contributed by atoms with E-state index >= 15 is 0 Å². The molecule has 1 aliphatic heterocycles. The highest BCUT2D eigenvalue weighted by Gasteiger charge is 2.30. The summed E-state index contributed by atoms with van der Waals surface area (Å²) in [6, 6.07) is 15.4. The van der Waals surface area contributed by atoms with E-state index in [1.807, 2.05) is 55.5 Å². The second kappa shape index (κ2) is 7.74. The number of benzene rings is 2. The Kier molecular flexibility index (Phi) is 5.43. The number of para-hydroxylation sites is 1. The van der Waals surface area contributed by atoms with Gasteiger partial charge in [-0.15, -0.1) is 0 Å². The van der Waals surface area contributed by atoms with Gasteiger partial charge in [0.15, 0.2) is 5.12 Å². The molecule has 1 atom stereocenters. The van der Waals surface area contributed by atoms with Crippen LogP contribution in [-0.2, 0) is 9.59 Å². The van der Waals surface area contributed by atoms with E-state index < -0.39 is 0 Å². The number of nitrogens with zero attached hydrogens (tertiary/aromatic N) is 1. The molecular formula is C20H21NO3S. The lowest BCUT2D eigenvalue weighted by Crippen LogP contribution is -2.24. The van der Waals surface area contributed by atoms with Crippen LogP contribution < -0.4 is 9.64 Å². The smallest absolute Gasteiger partial charge is 0.227 e. The highest BCUT2D eigenvalue weighted by Crippen LogP contribution is 2.30. The zero-order valence-corrected chi connectivity index (χ0v) is 15.2. The van der Waals surface area contributed by atoms with Crippen LogP contribution in [-0.4, -0.2) is 23.3 Å². The standard InChI is InChI=1S/C20H21NO3S/c1-14-5-3-4-6-19(14)24-18-9-7-17(8-10-18)21-12-16(11-20(21)23)13-25-15(2)22/h3-10,16H,11-13H2,1-2H3. The van der Waals surface area contributed by atoms with Crippen LogP contribution in [0.3, 0.4) is 0 Å². The normalized spacial score (nSPS) is 17.0. The number of anilines is 1. The van der Waals surface area contributed by atoms with Gasteiger partial charge in [0.05, 0.1) is 0 Å². The maximum atomic E-state index is 12.3. The van der Waals surface area contributed by atoms with Gasteiger partial charge in [0, 0.05) is 31.3 Å².